The number of aliphatic hydroxyl groups excluding tert-OH is 1. The summed E-state index contributed by atoms with van der Waals surface area (Å²) in [6.45, 7) is 1.18. The summed E-state index contributed by atoms with van der Waals surface area (Å²) < 4.78 is 2.08. The minimum absolute atomic E-state index is 0.00597. The SMILES string of the molecule is O=C(NCCO)C1CCn2ccnc2C1. The third-order valence-electron chi connectivity index (χ3n) is 2.73. The lowest BCUT2D eigenvalue weighted by atomic mass is 9.97. The first-order valence-corrected chi connectivity index (χ1v) is 5.20. The van der Waals surface area contributed by atoms with Crippen molar-refractivity contribution in [2.75, 3.05) is 13.2 Å². The van der Waals surface area contributed by atoms with Crippen molar-refractivity contribution >= 4 is 5.91 Å². The zero-order chi connectivity index (χ0) is 10.7. The van der Waals surface area contributed by atoms with Crippen molar-refractivity contribution in [3.8, 4) is 0 Å². The summed E-state index contributed by atoms with van der Waals surface area (Å²) in [5.74, 6) is 1.01. The van der Waals surface area contributed by atoms with Crippen molar-refractivity contribution < 1.29 is 9.90 Å². The predicted octanol–water partition coefficient (Wildman–Crippen LogP) is -0.446. The number of amides is 1. The first-order valence-electron chi connectivity index (χ1n) is 5.20. The number of nitrogens with zero attached hydrogens (tertiary/aromatic N) is 2. The van der Waals surface area contributed by atoms with Crippen molar-refractivity contribution in [3.05, 3.63) is 18.2 Å². The summed E-state index contributed by atoms with van der Waals surface area (Å²) >= 11 is 0. The van der Waals surface area contributed by atoms with Crippen LogP contribution in [0.2, 0.25) is 0 Å². The Balaban J connectivity index is 1.94. The van der Waals surface area contributed by atoms with Crippen LogP contribution in [0.15, 0.2) is 12.4 Å². The highest BCUT2D eigenvalue weighted by atomic mass is 16.3. The van der Waals surface area contributed by atoms with E-state index in [9.17, 15) is 4.79 Å². The molecule has 1 aromatic rings. The molecule has 5 nitrogen and oxygen atoms in total. The Morgan fingerprint density at radius 3 is 3.40 bits per heavy atom. The van der Waals surface area contributed by atoms with E-state index in [0.717, 1.165) is 18.8 Å². The molecule has 0 radical (unpaired) electrons. The molecule has 2 N–H and O–H groups in total. The predicted molar refractivity (Wildman–Crippen MR) is 54.1 cm³/mol. The van der Waals surface area contributed by atoms with Gasteiger partial charge in [0.2, 0.25) is 5.91 Å². The molecule has 0 spiro atoms. The average Bonchev–Trinajstić information content (AvgIpc) is 2.72. The van der Waals surface area contributed by atoms with E-state index >= 15 is 0 Å². The van der Waals surface area contributed by atoms with Crippen LogP contribution in [-0.2, 0) is 17.8 Å². The molecule has 0 saturated carbocycles. The second kappa shape index (κ2) is 4.44. The van der Waals surface area contributed by atoms with Crippen molar-refractivity contribution in [2.24, 2.45) is 5.92 Å². The fraction of sp³-hybridized carbons (Fsp3) is 0.600. The second-order valence-corrected chi connectivity index (χ2v) is 3.74. The van der Waals surface area contributed by atoms with Crippen LogP contribution in [0.4, 0.5) is 0 Å². The zero-order valence-corrected chi connectivity index (χ0v) is 8.52. The molecule has 0 bridgehead atoms. The Morgan fingerprint density at radius 2 is 2.60 bits per heavy atom. The standard InChI is InChI=1S/C10H15N3O2/c14-6-3-12-10(15)8-1-4-13-5-2-11-9(13)7-8/h2,5,8,14H,1,3-4,6-7H2,(H,12,15). The summed E-state index contributed by atoms with van der Waals surface area (Å²) in [4.78, 5) is 15.8. The van der Waals surface area contributed by atoms with Gasteiger partial charge < -0.3 is 15.0 Å². The van der Waals surface area contributed by atoms with Gasteiger partial charge in [0.1, 0.15) is 5.82 Å². The zero-order valence-electron chi connectivity index (χ0n) is 8.52. The van der Waals surface area contributed by atoms with Gasteiger partial charge in [0.05, 0.1) is 6.61 Å². The summed E-state index contributed by atoms with van der Waals surface area (Å²) in [6.07, 6.45) is 5.26. The lowest BCUT2D eigenvalue weighted by Crippen LogP contribution is -2.36. The van der Waals surface area contributed by atoms with Crippen molar-refractivity contribution in [1.29, 1.82) is 0 Å². The Labute approximate surface area is 88.1 Å². The van der Waals surface area contributed by atoms with Gasteiger partial charge in [-0.25, -0.2) is 4.98 Å². The maximum Gasteiger partial charge on any atom is 0.223 e. The van der Waals surface area contributed by atoms with Crippen LogP contribution in [0, 0.1) is 5.92 Å². The van der Waals surface area contributed by atoms with Crippen molar-refractivity contribution in [3.63, 3.8) is 0 Å². The normalized spacial score (nSPS) is 19.7. The molecule has 1 aromatic heterocycles. The molecular weight excluding hydrogens is 194 g/mol. The number of rotatable bonds is 3. The van der Waals surface area contributed by atoms with Gasteiger partial charge in [-0.1, -0.05) is 0 Å². The number of carbonyl (C=O) groups excluding carboxylic acids is 1. The molecule has 0 aliphatic carbocycles. The monoisotopic (exact) mass is 209 g/mol. The number of nitrogens with one attached hydrogen (secondary N) is 1. The molecule has 15 heavy (non-hydrogen) atoms. The molecule has 5 heteroatoms. The molecule has 82 valence electrons. The van der Waals surface area contributed by atoms with E-state index in [1.165, 1.54) is 0 Å². The van der Waals surface area contributed by atoms with E-state index in [1.54, 1.807) is 6.20 Å². The Kier molecular flexibility index (Phi) is 3.01. The quantitative estimate of drug-likeness (QED) is 0.709. The summed E-state index contributed by atoms with van der Waals surface area (Å²) in [5.41, 5.74) is 0. The number of imidazole rings is 1. The van der Waals surface area contributed by atoms with E-state index in [4.69, 9.17) is 5.11 Å². The van der Waals surface area contributed by atoms with Gasteiger partial charge in [-0.05, 0) is 6.42 Å². The van der Waals surface area contributed by atoms with Crippen LogP contribution in [0.1, 0.15) is 12.2 Å². The number of hydrogen-bond donors (Lipinski definition) is 2. The van der Waals surface area contributed by atoms with E-state index in [1.807, 2.05) is 6.20 Å². The van der Waals surface area contributed by atoms with E-state index < -0.39 is 0 Å². The smallest absolute Gasteiger partial charge is 0.223 e. The van der Waals surface area contributed by atoms with Crippen LogP contribution < -0.4 is 5.32 Å². The van der Waals surface area contributed by atoms with E-state index in [-0.39, 0.29) is 18.4 Å². The molecule has 1 aliphatic rings. The largest absolute Gasteiger partial charge is 0.395 e. The Bertz CT molecular complexity index is 348. The number of aryl methyl sites for hydroxylation is 1. The highest BCUT2D eigenvalue weighted by Gasteiger charge is 2.24. The fourth-order valence-electron chi connectivity index (χ4n) is 1.90. The average molecular weight is 209 g/mol. The molecule has 2 rings (SSSR count). The van der Waals surface area contributed by atoms with Gasteiger partial charge in [0.25, 0.3) is 0 Å². The van der Waals surface area contributed by atoms with Gasteiger partial charge in [0, 0.05) is 37.8 Å². The van der Waals surface area contributed by atoms with Gasteiger partial charge in [-0.2, -0.15) is 0 Å². The fourth-order valence-corrected chi connectivity index (χ4v) is 1.90. The number of hydrogen-bond acceptors (Lipinski definition) is 3. The molecular formula is C10H15N3O2. The Hall–Kier alpha value is -1.36. The van der Waals surface area contributed by atoms with Crippen LogP contribution >= 0.6 is 0 Å². The summed E-state index contributed by atoms with van der Waals surface area (Å²) in [5, 5.41) is 11.3. The highest BCUT2D eigenvalue weighted by molar-refractivity contribution is 5.78. The third-order valence-corrected chi connectivity index (χ3v) is 2.73. The molecule has 1 amide bonds. The van der Waals surface area contributed by atoms with Crippen LogP contribution in [0.25, 0.3) is 0 Å². The Morgan fingerprint density at radius 1 is 1.73 bits per heavy atom. The number of aliphatic hydroxyl groups is 1. The lowest BCUT2D eigenvalue weighted by molar-refractivity contribution is -0.125. The van der Waals surface area contributed by atoms with Gasteiger partial charge in [-0.15, -0.1) is 0 Å². The van der Waals surface area contributed by atoms with Gasteiger partial charge >= 0.3 is 0 Å². The van der Waals surface area contributed by atoms with E-state index in [0.29, 0.717) is 13.0 Å². The molecule has 1 aliphatic heterocycles. The molecule has 0 aromatic carbocycles. The minimum atomic E-state index is -0.00686. The number of fused-ring (bicyclic) bond motifs is 1. The van der Waals surface area contributed by atoms with E-state index in [2.05, 4.69) is 14.9 Å². The maximum absolute atomic E-state index is 11.6. The molecule has 0 fully saturated rings. The third kappa shape index (κ3) is 2.18. The number of carbonyl (C=O) groups is 1. The van der Waals surface area contributed by atoms with Crippen molar-refractivity contribution in [1.82, 2.24) is 14.9 Å². The topological polar surface area (TPSA) is 67.2 Å². The maximum atomic E-state index is 11.6. The minimum Gasteiger partial charge on any atom is -0.395 e. The molecule has 1 unspecified atom stereocenters. The van der Waals surface area contributed by atoms with Crippen LogP contribution in [0.5, 0.6) is 0 Å². The second-order valence-electron chi connectivity index (χ2n) is 3.74. The molecule has 2 heterocycles. The number of aromatic nitrogens is 2. The molecule has 0 saturated heterocycles. The summed E-state index contributed by atoms with van der Waals surface area (Å²) in [7, 11) is 0. The van der Waals surface area contributed by atoms with Gasteiger partial charge in [-0.3, -0.25) is 4.79 Å². The van der Waals surface area contributed by atoms with Crippen LogP contribution in [0.3, 0.4) is 0 Å². The van der Waals surface area contributed by atoms with Gasteiger partial charge in [0.15, 0.2) is 0 Å². The lowest BCUT2D eigenvalue weighted by Gasteiger charge is -2.22. The first kappa shape index (κ1) is 10.2. The highest BCUT2D eigenvalue weighted by Crippen LogP contribution is 2.18. The molecule has 1 atom stereocenters. The first-order chi connectivity index (χ1) is 7.31. The summed E-state index contributed by atoms with van der Waals surface area (Å²) in [6, 6.07) is 0. The van der Waals surface area contributed by atoms with Crippen LogP contribution in [-0.4, -0.2) is 33.7 Å². The van der Waals surface area contributed by atoms with Crippen molar-refractivity contribution in [2.45, 2.75) is 19.4 Å².